The lowest BCUT2D eigenvalue weighted by molar-refractivity contribution is 1.10. The van der Waals surface area contributed by atoms with Crippen LogP contribution < -0.4 is 0 Å². The predicted octanol–water partition coefficient (Wildman–Crippen LogP) is 10.7. The van der Waals surface area contributed by atoms with Gasteiger partial charge in [0.15, 0.2) is 0 Å². The summed E-state index contributed by atoms with van der Waals surface area (Å²) >= 11 is 0. The first kappa shape index (κ1) is 23.7. The summed E-state index contributed by atoms with van der Waals surface area (Å²) in [5, 5.41) is 2.74. The smallest absolute Gasteiger partial charge is 0.0582 e. The van der Waals surface area contributed by atoms with Crippen molar-refractivity contribution in [1.29, 1.82) is 0 Å². The third-order valence-corrected chi connectivity index (χ3v) is 10.4. The molecule has 0 radical (unpaired) electrons. The summed E-state index contributed by atoms with van der Waals surface area (Å²) in [5.41, 5.74) is 23.6. The lowest BCUT2D eigenvalue weighted by atomic mass is 9.89. The summed E-state index contributed by atoms with van der Waals surface area (Å²) in [7, 11) is 0. The molecule has 0 saturated carbocycles. The molecule has 0 amide bonds. The monoisotopic (exact) mass is 549 g/mol. The Morgan fingerprint density at radius 2 is 1.23 bits per heavy atom. The maximum absolute atomic E-state index is 2.59. The van der Waals surface area contributed by atoms with E-state index < -0.39 is 0 Å². The highest BCUT2D eigenvalue weighted by molar-refractivity contribution is 6.14. The van der Waals surface area contributed by atoms with Crippen LogP contribution in [0.4, 0.5) is 0 Å². The minimum Gasteiger partial charge on any atom is -0.309 e. The Kier molecular flexibility index (Phi) is 4.60. The SMILES string of the molecule is CCc1cc2cc(c1)-c1ccc3c4c1Cc1c-4c(cc4c5ccccc5n(c14)-c1cc(CC)cc(c1)-c1ccc-2cc1)C3. The molecule has 0 N–H and O–H groups in total. The van der Waals surface area contributed by atoms with Gasteiger partial charge in [0.1, 0.15) is 0 Å². The average Bonchev–Trinajstić information content (AvgIpc) is 3.74. The van der Waals surface area contributed by atoms with E-state index in [1.54, 1.807) is 0 Å². The van der Waals surface area contributed by atoms with E-state index in [0.717, 1.165) is 25.7 Å². The zero-order valence-electron chi connectivity index (χ0n) is 24.6. The molecular formula is C42H31N. The molecule has 0 fully saturated rings. The third kappa shape index (κ3) is 3.12. The van der Waals surface area contributed by atoms with Gasteiger partial charge in [0.05, 0.1) is 11.0 Å². The van der Waals surface area contributed by atoms with Gasteiger partial charge in [-0.3, -0.25) is 0 Å². The van der Waals surface area contributed by atoms with Gasteiger partial charge in [-0.05, 0) is 127 Å². The first-order chi connectivity index (χ1) is 21.2. The Bertz CT molecular complexity index is 2350. The Balaban J connectivity index is 1.40. The van der Waals surface area contributed by atoms with E-state index >= 15 is 0 Å². The number of fused-ring (bicyclic) bond motifs is 4. The lowest BCUT2D eigenvalue weighted by Crippen LogP contribution is -2.00. The maximum Gasteiger partial charge on any atom is 0.0582 e. The van der Waals surface area contributed by atoms with E-state index in [-0.39, 0.29) is 0 Å². The fourth-order valence-corrected chi connectivity index (χ4v) is 8.40. The standard InChI is InChI=1S/C42H31N/c1-3-24-15-29-20-31(17-24)34-14-13-28-19-32-22-37-35-7-5-6-8-39(35)43(42(37)38-23-36(34)40(28)41(32)38)33-18-25(4-2)16-30(21-33)27-11-9-26(29)10-12-27/h5-18,20-22H,3-4,19,23H2,1-2H3. The van der Waals surface area contributed by atoms with Crippen molar-refractivity contribution in [3.63, 3.8) is 0 Å². The molecule has 0 unspecified atom stereocenters. The van der Waals surface area contributed by atoms with Crippen LogP contribution in [0, 0.1) is 0 Å². The fourth-order valence-electron chi connectivity index (χ4n) is 8.40. The molecule has 11 rings (SSSR count). The minimum atomic E-state index is 0.980. The molecule has 204 valence electrons. The van der Waals surface area contributed by atoms with Crippen LogP contribution in [0.3, 0.4) is 0 Å². The molecule has 4 aliphatic rings. The zero-order valence-corrected chi connectivity index (χ0v) is 24.6. The third-order valence-electron chi connectivity index (χ3n) is 10.4. The molecule has 1 aromatic heterocycles. The van der Waals surface area contributed by atoms with Gasteiger partial charge in [-0.15, -0.1) is 0 Å². The van der Waals surface area contributed by atoms with Crippen LogP contribution >= 0.6 is 0 Å². The molecule has 6 aromatic carbocycles. The van der Waals surface area contributed by atoms with Crippen LogP contribution in [-0.4, -0.2) is 4.57 Å². The first-order valence-corrected chi connectivity index (χ1v) is 15.8. The van der Waals surface area contributed by atoms with Gasteiger partial charge in [-0.25, -0.2) is 0 Å². The highest BCUT2D eigenvalue weighted by atomic mass is 15.0. The highest BCUT2D eigenvalue weighted by Crippen LogP contribution is 2.54. The van der Waals surface area contributed by atoms with Crippen molar-refractivity contribution >= 4 is 21.8 Å². The molecule has 1 heteroatoms. The highest BCUT2D eigenvalue weighted by Gasteiger charge is 2.35. The van der Waals surface area contributed by atoms with Gasteiger partial charge in [-0.1, -0.05) is 86.6 Å². The number of nitrogens with zero attached hydrogens (tertiary/aromatic N) is 1. The summed E-state index contributed by atoms with van der Waals surface area (Å²) in [5.74, 6) is 0. The van der Waals surface area contributed by atoms with E-state index in [2.05, 4.69) is 122 Å². The normalized spacial score (nSPS) is 13.3. The van der Waals surface area contributed by atoms with E-state index in [0.29, 0.717) is 0 Å². The van der Waals surface area contributed by atoms with E-state index in [4.69, 9.17) is 0 Å². The second kappa shape index (κ2) is 8.36. The largest absolute Gasteiger partial charge is 0.309 e. The number of aromatic nitrogens is 1. The summed E-state index contributed by atoms with van der Waals surface area (Å²) < 4.78 is 2.59. The molecular weight excluding hydrogens is 518 g/mol. The molecule has 0 atom stereocenters. The molecule has 2 aliphatic carbocycles. The minimum absolute atomic E-state index is 0.980. The van der Waals surface area contributed by atoms with Crippen molar-refractivity contribution in [3.8, 4) is 50.2 Å². The Morgan fingerprint density at radius 1 is 0.535 bits per heavy atom. The quantitative estimate of drug-likeness (QED) is 0.202. The van der Waals surface area contributed by atoms with Gasteiger partial charge in [-0.2, -0.15) is 0 Å². The summed E-state index contributed by atoms with van der Waals surface area (Å²) in [6, 6.07) is 40.1. The molecule has 0 spiro atoms. The second-order valence-corrected chi connectivity index (χ2v) is 12.7. The van der Waals surface area contributed by atoms with Gasteiger partial charge in [0.2, 0.25) is 0 Å². The van der Waals surface area contributed by atoms with Crippen molar-refractivity contribution in [3.05, 3.63) is 137 Å². The van der Waals surface area contributed by atoms with E-state index in [1.165, 1.54) is 105 Å². The molecule has 3 heterocycles. The van der Waals surface area contributed by atoms with Crippen LogP contribution in [0.25, 0.3) is 72.0 Å². The topological polar surface area (TPSA) is 4.93 Å². The number of rotatable bonds is 2. The molecule has 1 nitrogen and oxygen atoms in total. The van der Waals surface area contributed by atoms with E-state index in [1.807, 2.05) is 0 Å². The number of benzene rings is 6. The van der Waals surface area contributed by atoms with Crippen LogP contribution in [0.5, 0.6) is 0 Å². The number of hydrogen-bond acceptors (Lipinski definition) is 0. The Morgan fingerprint density at radius 3 is 2.02 bits per heavy atom. The zero-order chi connectivity index (χ0) is 28.4. The van der Waals surface area contributed by atoms with Crippen molar-refractivity contribution in [2.75, 3.05) is 0 Å². The van der Waals surface area contributed by atoms with Crippen molar-refractivity contribution in [2.45, 2.75) is 39.5 Å². The molecule has 7 aromatic rings. The predicted molar refractivity (Wildman–Crippen MR) is 180 cm³/mol. The Hall–Kier alpha value is -4.88. The van der Waals surface area contributed by atoms with Crippen LogP contribution in [-0.2, 0) is 25.7 Å². The van der Waals surface area contributed by atoms with Crippen LogP contribution in [0.1, 0.15) is 47.2 Å². The lowest BCUT2D eigenvalue weighted by Gasteiger charge is -2.17. The van der Waals surface area contributed by atoms with Crippen molar-refractivity contribution < 1.29 is 0 Å². The number of hydrogen-bond donors (Lipinski definition) is 0. The molecule has 8 bridgehead atoms. The molecule has 0 saturated heterocycles. The molecule has 2 aliphatic heterocycles. The van der Waals surface area contributed by atoms with E-state index in [9.17, 15) is 0 Å². The number of aryl methyl sites for hydroxylation is 2. The van der Waals surface area contributed by atoms with Gasteiger partial charge < -0.3 is 4.57 Å². The molecule has 43 heavy (non-hydrogen) atoms. The number of para-hydroxylation sites is 1. The van der Waals surface area contributed by atoms with Crippen LogP contribution in [0.2, 0.25) is 0 Å². The maximum atomic E-state index is 2.59. The van der Waals surface area contributed by atoms with Crippen molar-refractivity contribution in [1.82, 2.24) is 4.57 Å². The van der Waals surface area contributed by atoms with Gasteiger partial charge in [0, 0.05) is 22.9 Å². The summed E-state index contributed by atoms with van der Waals surface area (Å²) in [6.07, 6.45) is 4.04. The summed E-state index contributed by atoms with van der Waals surface area (Å²) in [6.45, 7) is 4.55. The Labute approximate surface area is 252 Å². The average molecular weight is 550 g/mol. The van der Waals surface area contributed by atoms with Crippen LogP contribution in [0.15, 0.2) is 103 Å². The fraction of sp³-hybridized carbons (Fsp3) is 0.143. The van der Waals surface area contributed by atoms with Gasteiger partial charge in [0.25, 0.3) is 0 Å². The second-order valence-electron chi connectivity index (χ2n) is 12.7. The first-order valence-electron chi connectivity index (χ1n) is 15.8. The summed E-state index contributed by atoms with van der Waals surface area (Å²) in [4.78, 5) is 0. The van der Waals surface area contributed by atoms with Crippen molar-refractivity contribution in [2.24, 2.45) is 0 Å². The van der Waals surface area contributed by atoms with Gasteiger partial charge >= 0.3 is 0 Å².